The highest BCUT2D eigenvalue weighted by Gasteiger charge is 2.32. The second kappa shape index (κ2) is 9.95. The summed E-state index contributed by atoms with van der Waals surface area (Å²) >= 11 is 0. The van der Waals surface area contributed by atoms with Crippen LogP contribution in [0, 0.1) is 17.2 Å². The molecule has 0 aliphatic carbocycles. The highest BCUT2D eigenvalue weighted by Crippen LogP contribution is 2.14. The Kier molecular flexibility index (Phi) is 9.10. The van der Waals surface area contributed by atoms with E-state index in [9.17, 15) is 14.7 Å². The third-order valence-corrected chi connectivity index (χ3v) is 2.78. The third-order valence-electron chi connectivity index (χ3n) is 2.78. The monoisotopic (exact) mass is 344 g/mol. The molecular weight excluding hydrogens is 316 g/mol. The number of alkyl carbamates (subject to hydrolysis) is 1. The van der Waals surface area contributed by atoms with Crippen molar-refractivity contribution in [2.75, 3.05) is 6.54 Å². The standard InChI is InChI=1S/C15H28N4O5/c1-9(2)8-10(19-14(22)24-15(3,4)5)11(20)12(18-7-6-16)23-13(17)21/h9-12,18,20H,7-8H2,1-5H3,(H2,17,21)(H,19,22)/t10-,11+,12?/m0/s1. The lowest BCUT2D eigenvalue weighted by Gasteiger charge is -2.31. The molecule has 0 spiro atoms. The molecule has 0 radical (unpaired) electrons. The van der Waals surface area contributed by atoms with Gasteiger partial charge in [0, 0.05) is 0 Å². The number of carbonyl (C=O) groups is 2. The average Bonchev–Trinajstić information content (AvgIpc) is 2.38. The lowest BCUT2D eigenvalue weighted by atomic mass is 9.98. The zero-order valence-electron chi connectivity index (χ0n) is 14.8. The number of amides is 2. The minimum absolute atomic E-state index is 0.129. The van der Waals surface area contributed by atoms with Crippen molar-refractivity contribution in [3.05, 3.63) is 0 Å². The Morgan fingerprint density at radius 1 is 1.33 bits per heavy atom. The van der Waals surface area contributed by atoms with Gasteiger partial charge in [0.2, 0.25) is 0 Å². The molecule has 0 aliphatic heterocycles. The van der Waals surface area contributed by atoms with Crippen LogP contribution in [-0.4, -0.2) is 47.8 Å². The topological polar surface area (TPSA) is 147 Å². The van der Waals surface area contributed by atoms with E-state index in [0.717, 1.165) is 0 Å². The number of ether oxygens (including phenoxy) is 2. The van der Waals surface area contributed by atoms with E-state index in [1.54, 1.807) is 20.8 Å². The molecule has 9 nitrogen and oxygen atoms in total. The maximum atomic E-state index is 12.0. The summed E-state index contributed by atoms with van der Waals surface area (Å²) < 4.78 is 9.97. The Hall–Kier alpha value is -2.05. The first-order valence-corrected chi connectivity index (χ1v) is 7.70. The van der Waals surface area contributed by atoms with Crippen LogP contribution in [0.5, 0.6) is 0 Å². The number of nitrogens with zero attached hydrogens (tertiary/aromatic N) is 1. The molecule has 0 bridgehead atoms. The maximum absolute atomic E-state index is 12.0. The van der Waals surface area contributed by atoms with Gasteiger partial charge in [0.25, 0.3) is 0 Å². The van der Waals surface area contributed by atoms with Crippen molar-refractivity contribution in [1.82, 2.24) is 10.6 Å². The number of nitrogens with one attached hydrogen (secondary N) is 2. The second-order valence-corrected chi connectivity index (χ2v) is 6.77. The van der Waals surface area contributed by atoms with Crippen LogP contribution in [0.2, 0.25) is 0 Å². The lowest BCUT2D eigenvalue weighted by Crippen LogP contribution is -2.56. The van der Waals surface area contributed by atoms with Crippen molar-refractivity contribution in [2.24, 2.45) is 11.7 Å². The molecule has 138 valence electrons. The van der Waals surface area contributed by atoms with Crippen LogP contribution in [0.25, 0.3) is 0 Å². The van der Waals surface area contributed by atoms with Crippen molar-refractivity contribution in [3.8, 4) is 6.07 Å². The second-order valence-electron chi connectivity index (χ2n) is 6.77. The molecule has 3 atom stereocenters. The third kappa shape index (κ3) is 9.86. The van der Waals surface area contributed by atoms with Crippen LogP contribution in [0.15, 0.2) is 0 Å². The molecule has 0 aromatic heterocycles. The summed E-state index contributed by atoms with van der Waals surface area (Å²) in [5, 5.41) is 24.2. The summed E-state index contributed by atoms with van der Waals surface area (Å²) in [5.41, 5.74) is 4.29. The van der Waals surface area contributed by atoms with Gasteiger partial charge in [0.05, 0.1) is 18.7 Å². The molecule has 5 N–H and O–H groups in total. The molecule has 0 heterocycles. The zero-order valence-corrected chi connectivity index (χ0v) is 14.8. The van der Waals surface area contributed by atoms with Gasteiger partial charge in [0.1, 0.15) is 11.7 Å². The van der Waals surface area contributed by atoms with Gasteiger partial charge < -0.3 is 25.6 Å². The van der Waals surface area contributed by atoms with Crippen molar-refractivity contribution < 1.29 is 24.2 Å². The Bertz CT molecular complexity index is 456. The number of carbonyl (C=O) groups excluding carboxylic acids is 2. The summed E-state index contributed by atoms with van der Waals surface area (Å²) in [4.78, 5) is 23.0. The van der Waals surface area contributed by atoms with Crippen LogP contribution in [0.4, 0.5) is 9.59 Å². The number of nitrogens with two attached hydrogens (primary N) is 1. The summed E-state index contributed by atoms with van der Waals surface area (Å²) in [7, 11) is 0. The number of primary amides is 1. The molecule has 9 heteroatoms. The molecule has 0 aliphatic rings. The van der Waals surface area contributed by atoms with Crippen molar-refractivity contribution >= 4 is 12.2 Å². The van der Waals surface area contributed by atoms with E-state index < -0.39 is 36.2 Å². The van der Waals surface area contributed by atoms with Gasteiger partial charge in [-0.05, 0) is 33.1 Å². The van der Waals surface area contributed by atoms with Crippen LogP contribution in [0.1, 0.15) is 41.0 Å². The number of hydrogen-bond acceptors (Lipinski definition) is 7. The van der Waals surface area contributed by atoms with Gasteiger partial charge in [-0.1, -0.05) is 13.8 Å². The summed E-state index contributed by atoms with van der Waals surface area (Å²) in [6.07, 6.45) is -3.97. The van der Waals surface area contributed by atoms with Crippen LogP contribution in [0.3, 0.4) is 0 Å². The van der Waals surface area contributed by atoms with Gasteiger partial charge >= 0.3 is 12.2 Å². The molecule has 2 amide bonds. The highest BCUT2D eigenvalue weighted by atomic mass is 16.6. The largest absolute Gasteiger partial charge is 0.444 e. The number of rotatable bonds is 8. The summed E-state index contributed by atoms with van der Waals surface area (Å²) in [6.45, 7) is 8.79. The fourth-order valence-electron chi connectivity index (χ4n) is 1.97. The van der Waals surface area contributed by atoms with Gasteiger partial charge in [0.15, 0.2) is 6.23 Å². The van der Waals surface area contributed by atoms with E-state index in [-0.39, 0.29) is 12.5 Å². The number of aliphatic hydroxyl groups is 1. The van der Waals surface area contributed by atoms with E-state index in [4.69, 9.17) is 20.5 Å². The minimum atomic E-state index is -1.32. The minimum Gasteiger partial charge on any atom is -0.444 e. The van der Waals surface area contributed by atoms with Crippen LogP contribution in [-0.2, 0) is 9.47 Å². The summed E-state index contributed by atoms with van der Waals surface area (Å²) in [6, 6.07) is 1.04. The van der Waals surface area contributed by atoms with Crippen molar-refractivity contribution in [3.63, 3.8) is 0 Å². The molecule has 0 saturated carbocycles. The molecule has 0 saturated heterocycles. The molecule has 0 rings (SSSR count). The van der Waals surface area contributed by atoms with E-state index in [1.807, 2.05) is 19.9 Å². The average molecular weight is 344 g/mol. The summed E-state index contributed by atoms with van der Waals surface area (Å²) in [5.74, 6) is 0.129. The van der Waals surface area contributed by atoms with Gasteiger partial charge in [-0.25, -0.2) is 9.59 Å². The van der Waals surface area contributed by atoms with Gasteiger partial charge in [-0.3, -0.25) is 5.32 Å². The highest BCUT2D eigenvalue weighted by molar-refractivity contribution is 5.68. The maximum Gasteiger partial charge on any atom is 0.407 e. The normalized spacial score (nSPS) is 15.1. The Morgan fingerprint density at radius 3 is 2.33 bits per heavy atom. The van der Waals surface area contributed by atoms with Crippen LogP contribution < -0.4 is 16.4 Å². The van der Waals surface area contributed by atoms with E-state index >= 15 is 0 Å². The number of aliphatic hydroxyl groups excluding tert-OH is 1. The molecule has 0 fully saturated rings. The first-order chi connectivity index (χ1) is 11.0. The van der Waals surface area contributed by atoms with Crippen molar-refractivity contribution in [1.29, 1.82) is 5.26 Å². The number of nitriles is 1. The molecule has 0 aromatic carbocycles. The fourth-order valence-corrected chi connectivity index (χ4v) is 1.97. The number of hydrogen-bond donors (Lipinski definition) is 4. The van der Waals surface area contributed by atoms with E-state index in [0.29, 0.717) is 6.42 Å². The molecule has 24 heavy (non-hydrogen) atoms. The predicted octanol–water partition coefficient (Wildman–Crippen LogP) is 0.821. The van der Waals surface area contributed by atoms with E-state index in [2.05, 4.69) is 10.6 Å². The lowest BCUT2D eigenvalue weighted by molar-refractivity contribution is -0.0337. The first kappa shape index (κ1) is 21.9. The molecular formula is C15H28N4O5. The smallest absolute Gasteiger partial charge is 0.407 e. The van der Waals surface area contributed by atoms with Gasteiger partial charge in [-0.15, -0.1) is 0 Å². The first-order valence-electron chi connectivity index (χ1n) is 7.70. The van der Waals surface area contributed by atoms with Crippen LogP contribution >= 0.6 is 0 Å². The predicted molar refractivity (Wildman–Crippen MR) is 86.7 cm³/mol. The SMILES string of the molecule is CC(C)C[C@H](NC(=O)OC(C)(C)C)[C@@H](O)C(NCC#N)OC(N)=O. The molecule has 0 aromatic rings. The Balaban J connectivity index is 5.11. The van der Waals surface area contributed by atoms with Crippen molar-refractivity contribution in [2.45, 2.75) is 65.0 Å². The Morgan fingerprint density at radius 2 is 1.92 bits per heavy atom. The van der Waals surface area contributed by atoms with Gasteiger partial charge in [-0.2, -0.15) is 5.26 Å². The Labute approximate surface area is 142 Å². The molecule has 1 unspecified atom stereocenters. The quantitative estimate of drug-likeness (QED) is 0.376. The van der Waals surface area contributed by atoms with E-state index in [1.165, 1.54) is 0 Å². The fraction of sp³-hybridized carbons (Fsp3) is 0.800. The zero-order chi connectivity index (χ0) is 18.9.